The van der Waals surface area contributed by atoms with Crippen LogP contribution in [0.4, 0.5) is 4.39 Å². The van der Waals surface area contributed by atoms with E-state index >= 15 is 0 Å². The van der Waals surface area contributed by atoms with E-state index in [1.165, 1.54) is 17.4 Å². The molecule has 1 aliphatic rings. The molecule has 5 heteroatoms. The Morgan fingerprint density at radius 1 is 1.47 bits per heavy atom. The number of aromatic carboxylic acids is 1. The predicted octanol–water partition coefficient (Wildman–Crippen LogP) is 3.83. The minimum atomic E-state index is -1.06. The molecule has 0 atom stereocenters. The lowest BCUT2D eigenvalue weighted by atomic mass is 10.1. The lowest BCUT2D eigenvalue weighted by Crippen LogP contribution is -1.99. The van der Waals surface area contributed by atoms with E-state index in [1.807, 2.05) is 0 Å². The first-order chi connectivity index (χ1) is 9.06. The number of aromatic nitrogens is 1. The minimum Gasteiger partial charge on any atom is -0.476 e. The summed E-state index contributed by atoms with van der Waals surface area (Å²) in [5.74, 6) is -0.985. The van der Waals surface area contributed by atoms with E-state index in [1.54, 1.807) is 19.1 Å². The number of carbonyl (C=O) groups is 1. The summed E-state index contributed by atoms with van der Waals surface area (Å²) in [4.78, 5) is 16.0. The Morgan fingerprint density at radius 3 is 2.79 bits per heavy atom. The van der Waals surface area contributed by atoms with Gasteiger partial charge in [0.1, 0.15) is 5.82 Å². The van der Waals surface area contributed by atoms with Crippen molar-refractivity contribution in [2.45, 2.75) is 25.7 Å². The van der Waals surface area contributed by atoms with Gasteiger partial charge in [0, 0.05) is 5.92 Å². The van der Waals surface area contributed by atoms with Gasteiger partial charge in [-0.2, -0.15) is 0 Å². The molecule has 98 valence electrons. The first-order valence-electron chi connectivity index (χ1n) is 6.07. The molecule has 0 spiro atoms. The molecule has 1 aromatic carbocycles. The van der Waals surface area contributed by atoms with Crippen LogP contribution >= 0.6 is 11.3 Å². The largest absolute Gasteiger partial charge is 0.476 e. The van der Waals surface area contributed by atoms with E-state index in [4.69, 9.17) is 0 Å². The monoisotopic (exact) mass is 277 g/mol. The number of thiazole rings is 1. The van der Waals surface area contributed by atoms with Gasteiger partial charge in [-0.15, -0.1) is 11.3 Å². The summed E-state index contributed by atoms with van der Waals surface area (Å²) < 4.78 is 13.6. The lowest BCUT2D eigenvalue weighted by Gasteiger charge is -2.01. The van der Waals surface area contributed by atoms with Crippen molar-refractivity contribution in [1.29, 1.82) is 0 Å². The smallest absolute Gasteiger partial charge is 0.356 e. The first-order valence-corrected chi connectivity index (χ1v) is 6.88. The highest BCUT2D eigenvalue weighted by molar-refractivity contribution is 7.15. The van der Waals surface area contributed by atoms with Crippen molar-refractivity contribution in [3.63, 3.8) is 0 Å². The van der Waals surface area contributed by atoms with Crippen molar-refractivity contribution < 1.29 is 14.3 Å². The second-order valence-corrected chi connectivity index (χ2v) is 5.80. The molecule has 1 aliphatic carbocycles. The summed E-state index contributed by atoms with van der Waals surface area (Å²) in [5, 5.41) is 10.1. The molecule has 0 radical (unpaired) electrons. The van der Waals surface area contributed by atoms with Gasteiger partial charge in [0.25, 0.3) is 0 Å². The van der Waals surface area contributed by atoms with Crippen LogP contribution in [0.25, 0.3) is 10.4 Å². The van der Waals surface area contributed by atoms with Crippen molar-refractivity contribution in [3.8, 4) is 10.4 Å². The zero-order valence-corrected chi connectivity index (χ0v) is 11.1. The van der Waals surface area contributed by atoms with Crippen LogP contribution in [-0.2, 0) is 0 Å². The van der Waals surface area contributed by atoms with Crippen LogP contribution in [0, 0.1) is 12.7 Å². The summed E-state index contributed by atoms with van der Waals surface area (Å²) in [7, 11) is 0. The number of carboxylic acid groups (broad SMARTS) is 1. The second kappa shape index (κ2) is 4.42. The molecule has 0 bridgehead atoms. The predicted molar refractivity (Wildman–Crippen MR) is 71.2 cm³/mol. The minimum absolute atomic E-state index is 0.0372. The van der Waals surface area contributed by atoms with Gasteiger partial charge in [-0.05, 0) is 37.0 Å². The van der Waals surface area contributed by atoms with E-state index < -0.39 is 5.97 Å². The molecule has 3 rings (SSSR count). The first kappa shape index (κ1) is 12.3. The van der Waals surface area contributed by atoms with Crippen molar-refractivity contribution >= 4 is 17.3 Å². The van der Waals surface area contributed by atoms with Gasteiger partial charge in [-0.25, -0.2) is 14.2 Å². The molecule has 1 aromatic heterocycles. The molecular formula is C14H12FNO2S. The molecule has 0 amide bonds. The molecule has 1 fully saturated rings. The van der Waals surface area contributed by atoms with Gasteiger partial charge in [0.15, 0.2) is 5.69 Å². The van der Waals surface area contributed by atoms with Gasteiger partial charge in [0.05, 0.1) is 9.88 Å². The number of aryl methyl sites for hydroxylation is 1. The van der Waals surface area contributed by atoms with Gasteiger partial charge in [0.2, 0.25) is 0 Å². The fourth-order valence-electron chi connectivity index (χ4n) is 1.92. The Labute approximate surface area is 113 Å². The molecule has 3 nitrogen and oxygen atoms in total. The summed E-state index contributed by atoms with van der Waals surface area (Å²) >= 11 is 1.37. The van der Waals surface area contributed by atoms with E-state index in [2.05, 4.69) is 4.98 Å². The summed E-state index contributed by atoms with van der Waals surface area (Å²) in [6, 6.07) is 4.79. The van der Waals surface area contributed by atoms with Crippen molar-refractivity contribution in [3.05, 3.63) is 40.3 Å². The highest BCUT2D eigenvalue weighted by atomic mass is 32.1. The van der Waals surface area contributed by atoms with Gasteiger partial charge < -0.3 is 5.11 Å². The lowest BCUT2D eigenvalue weighted by molar-refractivity contribution is 0.0692. The average molecular weight is 277 g/mol. The third-order valence-corrected chi connectivity index (χ3v) is 4.47. The molecule has 1 N–H and O–H groups in total. The third-order valence-electron chi connectivity index (χ3n) is 3.21. The van der Waals surface area contributed by atoms with Crippen LogP contribution in [0.5, 0.6) is 0 Å². The highest BCUT2D eigenvalue weighted by Gasteiger charge is 2.30. The van der Waals surface area contributed by atoms with E-state index in [-0.39, 0.29) is 11.5 Å². The molecule has 2 aromatic rings. The van der Waals surface area contributed by atoms with Crippen LogP contribution in [0.15, 0.2) is 18.2 Å². The van der Waals surface area contributed by atoms with Crippen molar-refractivity contribution in [2.75, 3.05) is 0 Å². The fraction of sp³-hybridized carbons (Fsp3) is 0.286. The topological polar surface area (TPSA) is 50.2 Å². The number of halogens is 1. The summed E-state index contributed by atoms with van der Waals surface area (Å²) in [5.41, 5.74) is 1.17. The zero-order chi connectivity index (χ0) is 13.6. The molecule has 0 saturated heterocycles. The maximum absolute atomic E-state index is 13.6. The quantitative estimate of drug-likeness (QED) is 0.927. The van der Waals surface area contributed by atoms with Crippen LogP contribution in [0.3, 0.4) is 0 Å². The Hall–Kier alpha value is -1.75. The Bertz CT molecular complexity index is 661. The number of benzene rings is 1. The number of rotatable bonds is 3. The van der Waals surface area contributed by atoms with Crippen LogP contribution in [0.2, 0.25) is 0 Å². The van der Waals surface area contributed by atoms with Gasteiger partial charge in [-0.3, -0.25) is 0 Å². The SMILES string of the molecule is Cc1ccc(-c2sc(C3CC3)nc2C(=O)O)cc1F. The normalized spacial score (nSPS) is 14.6. The number of hydrogen-bond acceptors (Lipinski definition) is 3. The molecule has 19 heavy (non-hydrogen) atoms. The second-order valence-electron chi connectivity index (χ2n) is 4.77. The number of carboxylic acids is 1. The fourth-order valence-corrected chi connectivity index (χ4v) is 3.14. The number of hydrogen-bond donors (Lipinski definition) is 1. The summed E-state index contributed by atoms with van der Waals surface area (Å²) in [6.45, 7) is 1.68. The molecule has 0 aliphatic heterocycles. The van der Waals surface area contributed by atoms with Gasteiger partial charge in [-0.1, -0.05) is 12.1 Å². The number of nitrogens with zero attached hydrogens (tertiary/aromatic N) is 1. The van der Waals surface area contributed by atoms with Crippen molar-refractivity contribution in [2.24, 2.45) is 0 Å². The summed E-state index contributed by atoms with van der Waals surface area (Å²) in [6.07, 6.45) is 2.13. The third kappa shape index (κ3) is 2.26. The van der Waals surface area contributed by atoms with Crippen LogP contribution < -0.4 is 0 Å². The molecule has 0 unspecified atom stereocenters. The Kier molecular flexibility index (Phi) is 2.86. The van der Waals surface area contributed by atoms with E-state index in [9.17, 15) is 14.3 Å². The molecular weight excluding hydrogens is 265 g/mol. The maximum Gasteiger partial charge on any atom is 0.356 e. The average Bonchev–Trinajstić information content (AvgIpc) is 3.12. The van der Waals surface area contributed by atoms with E-state index in [0.717, 1.165) is 17.8 Å². The van der Waals surface area contributed by atoms with Gasteiger partial charge >= 0.3 is 5.97 Å². The van der Waals surface area contributed by atoms with Crippen LogP contribution in [0.1, 0.15) is 39.8 Å². The van der Waals surface area contributed by atoms with Crippen LogP contribution in [-0.4, -0.2) is 16.1 Å². The van der Waals surface area contributed by atoms with Crippen molar-refractivity contribution in [1.82, 2.24) is 4.98 Å². The zero-order valence-electron chi connectivity index (χ0n) is 10.3. The molecule has 1 heterocycles. The molecule has 1 saturated carbocycles. The standard InChI is InChI=1S/C14H12FNO2S/c1-7-2-3-9(6-10(7)15)12-11(14(17)18)16-13(19-12)8-4-5-8/h2-3,6,8H,4-5H2,1H3,(H,17,18). The highest BCUT2D eigenvalue weighted by Crippen LogP contribution is 2.44. The Morgan fingerprint density at radius 2 is 2.21 bits per heavy atom. The van der Waals surface area contributed by atoms with E-state index in [0.29, 0.717) is 21.9 Å². The Balaban J connectivity index is 2.11. The maximum atomic E-state index is 13.6.